The average molecular weight is 418 g/mol. The van der Waals surface area contributed by atoms with Crippen molar-refractivity contribution in [2.45, 2.75) is 0 Å². The zero-order valence-electron chi connectivity index (χ0n) is 16.9. The lowest BCUT2D eigenvalue weighted by molar-refractivity contribution is -0.120. The highest BCUT2D eigenvalue weighted by molar-refractivity contribution is 6.46. The third-order valence-electron chi connectivity index (χ3n) is 4.86. The summed E-state index contributed by atoms with van der Waals surface area (Å²) in [4.78, 5) is 27.8. The molecule has 1 heterocycles. The molecule has 6 nitrogen and oxygen atoms in total. The standard InChI is InChI=1S/C24H19FN2O4/c1-30-19-12-11-15(13-20(19)31-2)21-22(26-17-8-6-7-16(25)14-17)24(29)27(23(21)28)18-9-4-3-5-10-18/h3-14,26H,1-2H3. The third kappa shape index (κ3) is 3.73. The van der Waals surface area contributed by atoms with Crippen LogP contribution in [0.25, 0.3) is 5.57 Å². The number of amides is 2. The normalized spacial score (nSPS) is 13.6. The maximum Gasteiger partial charge on any atom is 0.282 e. The van der Waals surface area contributed by atoms with Crippen LogP contribution in [0.4, 0.5) is 15.8 Å². The topological polar surface area (TPSA) is 67.9 Å². The average Bonchev–Trinajstić information content (AvgIpc) is 3.03. The monoisotopic (exact) mass is 418 g/mol. The van der Waals surface area contributed by atoms with Gasteiger partial charge in [-0.2, -0.15) is 0 Å². The summed E-state index contributed by atoms with van der Waals surface area (Å²) < 4.78 is 24.3. The van der Waals surface area contributed by atoms with E-state index < -0.39 is 17.6 Å². The molecule has 1 aliphatic rings. The number of benzene rings is 3. The molecule has 0 aliphatic carbocycles. The number of nitrogens with one attached hydrogen (secondary N) is 1. The van der Waals surface area contributed by atoms with E-state index in [-0.39, 0.29) is 11.3 Å². The molecule has 0 bridgehead atoms. The zero-order chi connectivity index (χ0) is 22.0. The second-order valence-corrected chi connectivity index (χ2v) is 6.74. The second-order valence-electron chi connectivity index (χ2n) is 6.74. The molecule has 2 amide bonds. The van der Waals surface area contributed by atoms with Crippen molar-refractivity contribution >= 4 is 28.8 Å². The SMILES string of the molecule is COc1ccc(C2=C(Nc3cccc(F)c3)C(=O)N(c3ccccc3)C2=O)cc1OC. The number of imide groups is 1. The molecule has 3 aromatic rings. The van der Waals surface area contributed by atoms with E-state index in [0.29, 0.717) is 28.4 Å². The van der Waals surface area contributed by atoms with Crippen molar-refractivity contribution in [2.75, 3.05) is 24.4 Å². The van der Waals surface area contributed by atoms with Crippen molar-refractivity contribution in [2.24, 2.45) is 0 Å². The van der Waals surface area contributed by atoms with Crippen molar-refractivity contribution in [3.05, 3.63) is 89.9 Å². The van der Waals surface area contributed by atoms with Crippen LogP contribution >= 0.6 is 0 Å². The molecule has 0 aromatic heterocycles. The molecule has 3 aromatic carbocycles. The van der Waals surface area contributed by atoms with Gasteiger partial charge in [0.05, 0.1) is 25.5 Å². The van der Waals surface area contributed by atoms with Gasteiger partial charge in [0.2, 0.25) is 0 Å². The number of hydrogen-bond donors (Lipinski definition) is 1. The van der Waals surface area contributed by atoms with Gasteiger partial charge in [-0.3, -0.25) is 9.59 Å². The van der Waals surface area contributed by atoms with Crippen LogP contribution in [0, 0.1) is 5.82 Å². The summed E-state index contributed by atoms with van der Waals surface area (Å²) in [6, 6.07) is 19.3. The van der Waals surface area contributed by atoms with Gasteiger partial charge in [-0.05, 0) is 48.0 Å². The van der Waals surface area contributed by atoms with E-state index in [1.54, 1.807) is 54.6 Å². The largest absolute Gasteiger partial charge is 0.493 e. The lowest BCUT2D eigenvalue weighted by Crippen LogP contribution is -2.32. The predicted octanol–water partition coefficient (Wildman–Crippen LogP) is 4.24. The maximum atomic E-state index is 13.7. The first-order chi connectivity index (χ1) is 15.0. The Kier molecular flexibility index (Phi) is 5.41. The minimum atomic E-state index is -0.537. The lowest BCUT2D eigenvalue weighted by Gasteiger charge is -2.15. The van der Waals surface area contributed by atoms with E-state index >= 15 is 0 Å². The van der Waals surface area contributed by atoms with Gasteiger partial charge in [0.1, 0.15) is 11.5 Å². The first kappa shape index (κ1) is 20.2. The highest BCUT2D eigenvalue weighted by Crippen LogP contribution is 2.37. The number of para-hydroxylation sites is 1. The molecule has 0 fully saturated rings. The molecular formula is C24H19FN2O4. The first-order valence-corrected chi connectivity index (χ1v) is 9.46. The lowest BCUT2D eigenvalue weighted by atomic mass is 10.0. The summed E-state index contributed by atoms with van der Waals surface area (Å²) in [5.74, 6) is -0.596. The molecule has 0 spiro atoms. The van der Waals surface area contributed by atoms with Crippen molar-refractivity contribution in [1.82, 2.24) is 0 Å². The van der Waals surface area contributed by atoms with Crippen LogP contribution in [0.1, 0.15) is 5.56 Å². The Hall–Kier alpha value is -4.13. The van der Waals surface area contributed by atoms with Crippen molar-refractivity contribution in [3.8, 4) is 11.5 Å². The number of ether oxygens (including phenoxy) is 2. The molecule has 0 saturated carbocycles. The Bertz CT molecular complexity index is 1190. The van der Waals surface area contributed by atoms with Crippen LogP contribution in [0.15, 0.2) is 78.5 Å². The second kappa shape index (κ2) is 8.31. The van der Waals surface area contributed by atoms with E-state index in [4.69, 9.17) is 9.47 Å². The number of hydrogen-bond acceptors (Lipinski definition) is 5. The van der Waals surface area contributed by atoms with Crippen LogP contribution in [0.2, 0.25) is 0 Å². The molecule has 4 rings (SSSR count). The Morgan fingerprint density at radius 3 is 2.23 bits per heavy atom. The van der Waals surface area contributed by atoms with Crippen molar-refractivity contribution < 1.29 is 23.5 Å². The number of anilines is 2. The fourth-order valence-corrected chi connectivity index (χ4v) is 3.43. The summed E-state index contributed by atoms with van der Waals surface area (Å²) >= 11 is 0. The van der Waals surface area contributed by atoms with Gasteiger partial charge in [-0.15, -0.1) is 0 Å². The van der Waals surface area contributed by atoms with E-state index in [0.717, 1.165) is 4.90 Å². The molecule has 0 saturated heterocycles. The van der Waals surface area contributed by atoms with Crippen LogP contribution in [0.5, 0.6) is 11.5 Å². The van der Waals surface area contributed by atoms with Crippen LogP contribution in [-0.2, 0) is 9.59 Å². The quantitative estimate of drug-likeness (QED) is 0.607. The molecule has 0 radical (unpaired) electrons. The summed E-state index contributed by atoms with van der Waals surface area (Å²) in [7, 11) is 2.99. The molecule has 0 unspecified atom stereocenters. The minimum Gasteiger partial charge on any atom is -0.493 e. The fourth-order valence-electron chi connectivity index (χ4n) is 3.43. The third-order valence-corrected chi connectivity index (χ3v) is 4.86. The van der Waals surface area contributed by atoms with Gasteiger partial charge < -0.3 is 14.8 Å². The number of halogens is 1. The Balaban J connectivity index is 1.86. The van der Waals surface area contributed by atoms with Gasteiger partial charge in [-0.25, -0.2) is 9.29 Å². The smallest absolute Gasteiger partial charge is 0.282 e. The van der Waals surface area contributed by atoms with E-state index in [9.17, 15) is 14.0 Å². The van der Waals surface area contributed by atoms with Gasteiger partial charge in [0.25, 0.3) is 11.8 Å². The van der Waals surface area contributed by atoms with Crippen LogP contribution in [0.3, 0.4) is 0 Å². The molecule has 1 aliphatic heterocycles. The molecule has 156 valence electrons. The van der Waals surface area contributed by atoms with E-state index in [2.05, 4.69) is 5.32 Å². The molecule has 1 N–H and O–H groups in total. The molecular weight excluding hydrogens is 399 g/mol. The number of rotatable bonds is 6. The minimum absolute atomic E-state index is 0.0478. The number of nitrogens with zero attached hydrogens (tertiary/aromatic N) is 1. The van der Waals surface area contributed by atoms with Crippen LogP contribution in [-0.4, -0.2) is 26.0 Å². The fraction of sp³-hybridized carbons (Fsp3) is 0.0833. The first-order valence-electron chi connectivity index (χ1n) is 9.46. The zero-order valence-corrected chi connectivity index (χ0v) is 16.9. The van der Waals surface area contributed by atoms with Gasteiger partial charge in [0.15, 0.2) is 11.5 Å². The molecule has 7 heteroatoms. The highest BCUT2D eigenvalue weighted by Gasteiger charge is 2.40. The number of carbonyl (C=O) groups is 2. The Morgan fingerprint density at radius 2 is 1.55 bits per heavy atom. The van der Waals surface area contributed by atoms with E-state index in [1.165, 1.54) is 32.4 Å². The summed E-state index contributed by atoms with van der Waals surface area (Å²) in [5, 5.41) is 2.93. The summed E-state index contributed by atoms with van der Waals surface area (Å²) in [6.45, 7) is 0. The summed E-state index contributed by atoms with van der Waals surface area (Å²) in [6.07, 6.45) is 0. The van der Waals surface area contributed by atoms with Crippen LogP contribution < -0.4 is 19.7 Å². The maximum absolute atomic E-state index is 13.7. The highest BCUT2D eigenvalue weighted by atomic mass is 19.1. The van der Waals surface area contributed by atoms with Crippen molar-refractivity contribution in [3.63, 3.8) is 0 Å². The van der Waals surface area contributed by atoms with Gasteiger partial charge in [-0.1, -0.05) is 30.3 Å². The van der Waals surface area contributed by atoms with Crippen molar-refractivity contribution in [1.29, 1.82) is 0 Å². The number of carbonyl (C=O) groups excluding carboxylic acids is 2. The summed E-state index contributed by atoms with van der Waals surface area (Å²) in [5.41, 5.74) is 1.45. The Morgan fingerprint density at radius 1 is 0.806 bits per heavy atom. The molecule has 0 atom stereocenters. The predicted molar refractivity (Wildman–Crippen MR) is 115 cm³/mol. The number of methoxy groups -OCH3 is 2. The van der Waals surface area contributed by atoms with E-state index in [1.807, 2.05) is 0 Å². The Labute approximate surface area is 178 Å². The van der Waals surface area contributed by atoms with Gasteiger partial charge >= 0.3 is 0 Å². The molecule has 31 heavy (non-hydrogen) atoms. The van der Waals surface area contributed by atoms with Gasteiger partial charge in [0, 0.05) is 5.69 Å².